The predicted molar refractivity (Wildman–Crippen MR) is 131 cm³/mol. The summed E-state index contributed by atoms with van der Waals surface area (Å²) in [4.78, 5) is 35.6. The number of thiophene rings is 1. The van der Waals surface area contributed by atoms with Crippen molar-refractivity contribution in [2.75, 3.05) is 45.7 Å². The molecule has 0 saturated carbocycles. The van der Waals surface area contributed by atoms with Crippen LogP contribution in [0.25, 0.3) is 10.2 Å². The Bertz CT molecular complexity index is 1410. The molecule has 13 heteroatoms. The number of halogens is 1. The van der Waals surface area contributed by atoms with Gasteiger partial charge in [0.05, 0.1) is 45.6 Å². The monoisotopic (exact) mass is 525 g/mol. The molecule has 34 heavy (non-hydrogen) atoms. The first-order valence-corrected chi connectivity index (χ1v) is 13.1. The van der Waals surface area contributed by atoms with E-state index in [-0.39, 0.29) is 34.3 Å². The lowest BCUT2D eigenvalue weighted by Gasteiger charge is -2.26. The fourth-order valence-electron chi connectivity index (χ4n) is 3.66. The van der Waals surface area contributed by atoms with Crippen molar-refractivity contribution in [3.8, 4) is 0 Å². The van der Waals surface area contributed by atoms with Crippen molar-refractivity contribution < 1.29 is 17.9 Å². The van der Waals surface area contributed by atoms with Gasteiger partial charge in [-0.1, -0.05) is 11.6 Å². The van der Waals surface area contributed by atoms with Crippen molar-refractivity contribution in [2.24, 2.45) is 0 Å². The Hall–Kier alpha value is -2.35. The van der Waals surface area contributed by atoms with Crippen LogP contribution in [0.3, 0.4) is 0 Å². The number of carbonyl (C=O) groups excluding carboxylic acids is 1. The Morgan fingerprint density at radius 3 is 2.71 bits per heavy atom. The topological polar surface area (TPSA) is 125 Å². The molecule has 3 heterocycles. The zero-order valence-electron chi connectivity index (χ0n) is 18.8. The molecule has 0 aliphatic carbocycles. The quantitative estimate of drug-likeness (QED) is 0.505. The maximum Gasteiger partial charge on any atom is 0.266 e. The minimum absolute atomic E-state index is 0.0219. The van der Waals surface area contributed by atoms with E-state index in [1.54, 1.807) is 6.92 Å². The number of aromatic nitrogens is 2. The molecule has 1 aliphatic rings. The third-order valence-electron chi connectivity index (χ3n) is 5.32. The third-order valence-corrected chi connectivity index (χ3v) is 8.72. The average Bonchev–Trinajstić information content (AvgIpc) is 3.12. The highest BCUT2D eigenvalue weighted by atomic mass is 35.5. The number of fused-ring (bicyclic) bond motifs is 1. The summed E-state index contributed by atoms with van der Waals surface area (Å²) >= 11 is 7.36. The van der Waals surface area contributed by atoms with Gasteiger partial charge in [-0.3, -0.25) is 9.59 Å². The van der Waals surface area contributed by atoms with E-state index in [9.17, 15) is 18.0 Å². The molecule has 0 radical (unpaired) electrons. The van der Waals surface area contributed by atoms with E-state index in [0.717, 1.165) is 11.3 Å². The molecular formula is C21H24ClN5O5S2. The first kappa shape index (κ1) is 24.8. The lowest BCUT2D eigenvalue weighted by atomic mass is 10.2. The summed E-state index contributed by atoms with van der Waals surface area (Å²) in [7, 11) is -0.0423. The van der Waals surface area contributed by atoms with Crippen LogP contribution in [0.4, 0.5) is 5.69 Å². The van der Waals surface area contributed by atoms with E-state index in [1.807, 2.05) is 19.0 Å². The van der Waals surface area contributed by atoms with Crippen LogP contribution in [0.2, 0.25) is 5.02 Å². The van der Waals surface area contributed by atoms with Crippen LogP contribution >= 0.6 is 22.9 Å². The van der Waals surface area contributed by atoms with E-state index in [1.165, 1.54) is 22.5 Å². The number of hydrogen-bond acceptors (Lipinski definition) is 8. The first-order chi connectivity index (χ1) is 16.1. The molecule has 1 aromatic carbocycles. The number of aryl methyl sites for hydroxylation is 1. The molecule has 2 N–H and O–H groups in total. The summed E-state index contributed by atoms with van der Waals surface area (Å²) in [6, 6.07) is 4.18. The van der Waals surface area contributed by atoms with Gasteiger partial charge in [0, 0.05) is 13.1 Å². The van der Waals surface area contributed by atoms with Gasteiger partial charge in [0.1, 0.15) is 10.7 Å². The standard InChI is InChI=1S/C21H24ClN5O5S2/c1-12-17-19(28)24-16(11-26(2)3)25-21(17)33-18(12)20(29)23-15-10-13(4-5-14(15)22)34(30,31)27-6-8-32-9-7-27/h4-5,10H,6-9,11H2,1-3H3,(H,23,29)(H,24,25,28). The first-order valence-electron chi connectivity index (χ1n) is 10.4. The number of morpholine rings is 1. The van der Waals surface area contributed by atoms with Gasteiger partial charge in [-0.25, -0.2) is 13.4 Å². The Balaban J connectivity index is 1.65. The van der Waals surface area contributed by atoms with Gasteiger partial charge in [0.2, 0.25) is 10.0 Å². The Kier molecular flexibility index (Phi) is 7.08. The Morgan fingerprint density at radius 2 is 2.03 bits per heavy atom. The van der Waals surface area contributed by atoms with Crippen molar-refractivity contribution in [3.05, 3.63) is 49.8 Å². The average molecular weight is 526 g/mol. The van der Waals surface area contributed by atoms with E-state index < -0.39 is 15.9 Å². The summed E-state index contributed by atoms with van der Waals surface area (Å²) < 4.78 is 32.5. The van der Waals surface area contributed by atoms with Crippen LogP contribution in [0.5, 0.6) is 0 Å². The molecule has 0 unspecified atom stereocenters. The van der Waals surface area contributed by atoms with Crippen molar-refractivity contribution in [3.63, 3.8) is 0 Å². The lowest BCUT2D eigenvalue weighted by Crippen LogP contribution is -2.40. The van der Waals surface area contributed by atoms with Crippen molar-refractivity contribution in [1.29, 1.82) is 0 Å². The number of rotatable bonds is 6. The number of amides is 1. The molecule has 10 nitrogen and oxygen atoms in total. The minimum atomic E-state index is -3.76. The molecule has 1 amide bonds. The molecule has 0 spiro atoms. The summed E-state index contributed by atoms with van der Waals surface area (Å²) in [6.07, 6.45) is 0. The number of nitrogens with one attached hydrogen (secondary N) is 2. The molecule has 1 fully saturated rings. The van der Waals surface area contributed by atoms with Crippen LogP contribution in [-0.4, -0.2) is 73.9 Å². The van der Waals surface area contributed by atoms with E-state index in [0.29, 0.717) is 46.2 Å². The van der Waals surface area contributed by atoms with Crippen LogP contribution in [0.1, 0.15) is 21.1 Å². The minimum Gasteiger partial charge on any atom is -0.379 e. The van der Waals surface area contributed by atoms with E-state index in [2.05, 4.69) is 15.3 Å². The molecular weight excluding hydrogens is 502 g/mol. The summed E-state index contributed by atoms with van der Waals surface area (Å²) in [6.45, 7) is 3.28. The fraction of sp³-hybridized carbons (Fsp3) is 0.381. The molecule has 3 aromatic rings. The lowest BCUT2D eigenvalue weighted by molar-refractivity contribution is 0.0730. The number of nitrogens with zero attached hydrogens (tertiary/aromatic N) is 3. The van der Waals surface area contributed by atoms with Gasteiger partial charge in [-0.05, 0) is 44.8 Å². The Labute approximate surface area is 205 Å². The molecule has 182 valence electrons. The van der Waals surface area contributed by atoms with Gasteiger partial charge >= 0.3 is 0 Å². The zero-order chi connectivity index (χ0) is 24.6. The fourth-order valence-corrected chi connectivity index (χ4v) is 6.35. The summed E-state index contributed by atoms with van der Waals surface area (Å²) in [5.74, 6) is -0.00310. The number of carbonyl (C=O) groups is 1. The smallest absolute Gasteiger partial charge is 0.266 e. The normalized spacial score (nSPS) is 15.2. The summed E-state index contributed by atoms with van der Waals surface area (Å²) in [5, 5.41) is 3.24. The number of H-pyrrole nitrogens is 1. The predicted octanol–water partition coefficient (Wildman–Crippen LogP) is 2.28. The second-order valence-corrected chi connectivity index (χ2v) is 11.4. The highest BCUT2D eigenvalue weighted by Crippen LogP contribution is 2.31. The zero-order valence-corrected chi connectivity index (χ0v) is 21.2. The highest BCUT2D eigenvalue weighted by molar-refractivity contribution is 7.89. The molecule has 0 bridgehead atoms. The number of ether oxygens (including phenoxy) is 1. The Morgan fingerprint density at radius 1 is 1.32 bits per heavy atom. The second kappa shape index (κ2) is 9.72. The highest BCUT2D eigenvalue weighted by Gasteiger charge is 2.27. The summed E-state index contributed by atoms with van der Waals surface area (Å²) in [5.41, 5.74) is 0.343. The van der Waals surface area contributed by atoms with Crippen LogP contribution in [-0.2, 0) is 21.3 Å². The number of hydrogen-bond donors (Lipinski definition) is 2. The van der Waals surface area contributed by atoms with Crippen LogP contribution < -0.4 is 10.9 Å². The van der Waals surface area contributed by atoms with Gasteiger partial charge in [-0.2, -0.15) is 4.31 Å². The van der Waals surface area contributed by atoms with Crippen molar-refractivity contribution >= 4 is 54.8 Å². The van der Waals surface area contributed by atoms with E-state index in [4.69, 9.17) is 16.3 Å². The third kappa shape index (κ3) is 4.88. The molecule has 2 aromatic heterocycles. The maximum atomic E-state index is 13.1. The molecule has 4 rings (SSSR count). The van der Waals surface area contributed by atoms with Crippen LogP contribution in [0, 0.1) is 6.92 Å². The van der Waals surface area contributed by atoms with Crippen molar-refractivity contribution in [1.82, 2.24) is 19.2 Å². The molecule has 1 saturated heterocycles. The van der Waals surface area contributed by atoms with Gasteiger partial charge in [0.15, 0.2) is 0 Å². The van der Waals surface area contributed by atoms with Crippen molar-refractivity contribution in [2.45, 2.75) is 18.4 Å². The van der Waals surface area contributed by atoms with Gasteiger partial charge < -0.3 is 19.9 Å². The number of anilines is 1. The maximum absolute atomic E-state index is 13.1. The largest absolute Gasteiger partial charge is 0.379 e. The second-order valence-electron chi connectivity index (χ2n) is 8.10. The number of benzene rings is 1. The van der Waals surface area contributed by atoms with Gasteiger partial charge in [-0.15, -0.1) is 11.3 Å². The van der Waals surface area contributed by atoms with Crippen LogP contribution in [0.15, 0.2) is 27.9 Å². The molecule has 1 aliphatic heterocycles. The van der Waals surface area contributed by atoms with Gasteiger partial charge in [0.25, 0.3) is 11.5 Å². The van der Waals surface area contributed by atoms with E-state index >= 15 is 0 Å². The SMILES string of the molecule is Cc1c(C(=O)Nc2cc(S(=O)(=O)N3CCOCC3)ccc2Cl)sc2nc(CN(C)C)[nH]c(=O)c12. The molecule has 0 atom stereocenters. The number of aromatic amines is 1. The number of sulfonamides is 1.